The second-order valence-corrected chi connectivity index (χ2v) is 5.76. The van der Waals surface area contributed by atoms with Crippen molar-refractivity contribution in [2.45, 2.75) is 25.6 Å². The molecule has 0 bridgehead atoms. The van der Waals surface area contributed by atoms with Gasteiger partial charge in [0.05, 0.1) is 41.6 Å². The van der Waals surface area contributed by atoms with Crippen molar-refractivity contribution in [3.05, 3.63) is 41.0 Å². The van der Waals surface area contributed by atoms with Crippen LogP contribution >= 0.6 is 11.6 Å². The molecule has 0 radical (unpaired) electrons. The molecule has 1 fully saturated rings. The lowest BCUT2D eigenvalue weighted by molar-refractivity contribution is 0.0802. The van der Waals surface area contributed by atoms with Crippen LogP contribution in [0, 0.1) is 0 Å². The summed E-state index contributed by atoms with van der Waals surface area (Å²) in [7, 11) is 0. The fourth-order valence-electron chi connectivity index (χ4n) is 2.79. The number of fused-ring (bicyclic) bond motifs is 1. The molecule has 1 aliphatic rings. The number of halogens is 1. The number of hydrogen-bond donors (Lipinski definition) is 1. The second-order valence-electron chi connectivity index (χ2n) is 5.35. The Labute approximate surface area is 129 Å². The van der Waals surface area contributed by atoms with Gasteiger partial charge in [-0.05, 0) is 18.7 Å². The molecule has 112 valence electrons. The number of aliphatic hydroxyl groups excluding tert-OH is 1. The van der Waals surface area contributed by atoms with E-state index in [1.54, 1.807) is 0 Å². The number of likely N-dealkylation sites (N-methyl/N-ethyl adjacent to an activating group) is 1. The Kier molecular flexibility index (Phi) is 4.40. The molecule has 5 heteroatoms. The minimum Gasteiger partial charge on any atom is -0.389 e. The van der Waals surface area contributed by atoms with Gasteiger partial charge in [-0.15, -0.1) is 0 Å². The van der Waals surface area contributed by atoms with Gasteiger partial charge in [0, 0.05) is 11.9 Å². The summed E-state index contributed by atoms with van der Waals surface area (Å²) < 4.78 is 5.35. The van der Waals surface area contributed by atoms with Gasteiger partial charge >= 0.3 is 0 Å². The molecule has 1 aromatic carbocycles. The van der Waals surface area contributed by atoms with Crippen LogP contribution in [-0.4, -0.2) is 46.9 Å². The van der Waals surface area contributed by atoms with E-state index in [-0.39, 0.29) is 6.04 Å². The SMILES string of the molecule is CCN(Cc1ccc2cccc(Cl)c2n1)[C@@H]1COC[C@H]1O. The Morgan fingerprint density at radius 3 is 2.90 bits per heavy atom. The maximum absolute atomic E-state index is 9.98. The van der Waals surface area contributed by atoms with Crippen LogP contribution in [0.4, 0.5) is 0 Å². The summed E-state index contributed by atoms with van der Waals surface area (Å²) in [4.78, 5) is 6.86. The van der Waals surface area contributed by atoms with Gasteiger partial charge in [-0.25, -0.2) is 4.98 Å². The number of aliphatic hydroxyl groups is 1. The summed E-state index contributed by atoms with van der Waals surface area (Å²) in [5.74, 6) is 0. The fraction of sp³-hybridized carbons (Fsp3) is 0.438. The highest BCUT2D eigenvalue weighted by atomic mass is 35.5. The van der Waals surface area contributed by atoms with Crippen LogP contribution in [0.3, 0.4) is 0 Å². The maximum atomic E-state index is 9.98. The molecule has 0 aliphatic carbocycles. The molecule has 0 saturated carbocycles. The Bertz CT molecular complexity index is 635. The molecule has 21 heavy (non-hydrogen) atoms. The topological polar surface area (TPSA) is 45.6 Å². The number of ether oxygens (including phenoxy) is 1. The maximum Gasteiger partial charge on any atom is 0.0950 e. The minimum absolute atomic E-state index is 0.0405. The van der Waals surface area contributed by atoms with Gasteiger partial charge in [-0.3, -0.25) is 4.90 Å². The number of rotatable bonds is 4. The molecular formula is C16H19ClN2O2. The monoisotopic (exact) mass is 306 g/mol. The molecule has 4 nitrogen and oxygen atoms in total. The number of hydrogen-bond acceptors (Lipinski definition) is 4. The first-order valence-corrected chi connectivity index (χ1v) is 7.61. The molecule has 1 aromatic heterocycles. The third-order valence-electron chi connectivity index (χ3n) is 3.99. The number of nitrogens with zero attached hydrogens (tertiary/aromatic N) is 2. The van der Waals surface area contributed by atoms with Crippen LogP contribution < -0.4 is 0 Å². The lowest BCUT2D eigenvalue weighted by atomic mass is 10.1. The summed E-state index contributed by atoms with van der Waals surface area (Å²) in [6.45, 7) is 4.59. The second kappa shape index (κ2) is 6.28. The van der Waals surface area contributed by atoms with Gasteiger partial charge in [0.25, 0.3) is 0 Å². The highest BCUT2D eigenvalue weighted by molar-refractivity contribution is 6.35. The summed E-state index contributed by atoms with van der Waals surface area (Å²) in [5, 5.41) is 11.7. The molecule has 0 unspecified atom stereocenters. The molecule has 2 atom stereocenters. The van der Waals surface area contributed by atoms with Gasteiger partial charge in [0.15, 0.2) is 0 Å². The van der Waals surface area contributed by atoms with Crippen molar-refractivity contribution in [2.24, 2.45) is 0 Å². The highest BCUT2D eigenvalue weighted by Gasteiger charge is 2.31. The Balaban J connectivity index is 1.84. The average Bonchev–Trinajstić information content (AvgIpc) is 2.91. The van der Waals surface area contributed by atoms with Crippen LogP contribution in [0.25, 0.3) is 10.9 Å². The van der Waals surface area contributed by atoms with Crippen molar-refractivity contribution >= 4 is 22.5 Å². The Morgan fingerprint density at radius 2 is 2.19 bits per heavy atom. The van der Waals surface area contributed by atoms with Gasteiger partial charge in [0.1, 0.15) is 0 Å². The van der Waals surface area contributed by atoms with Crippen LogP contribution in [0.2, 0.25) is 5.02 Å². The quantitative estimate of drug-likeness (QED) is 0.942. The van der Waals surface area contributed by atoms with Crippen molar-refractivity contribution in [3.63, 3.8) is 0 Å². The standard InChI is InChI=1S/C16H19ClN2O2/c1-2-19(14-9-21-10-15(14)20)8-12-7-6-11-4-3-5-13(17)16(11)18-12/h3-7,14-15,20H,2,8-10H2,1H3/t14-,15-/m1/s1. The first kappa shape index (κ1) is 14.7. The van der Waals surface area contributed by atoms with Crippen LogP contribution in [0.1, 0.15) is 12.6 Å². The Hall–Kier alpha value is -1.20. The van der Waals surface area contributed by atoms with Crippen LogP contribution in [0.15, 0.2) is 30.3 Å². The zero-order valence-corrected chi connectivity index (χ0v) is 12.8. The molecule has 0 amide bonds. The molecule has 2 aromatic rings. The van der Waals surface area contributed by atoms with Crippen molar-refractivity contribution in [3.8, 4) is 0 Å². The average molecular weight is 307 g/mol. The van der Waals surface area contributed by atoms with E-state index in [2.05, 4.69) is 16.8 Å². The fourth-order valence-corrected chi connectivity index (χ4v) is 3.02. The summed E-state index contributed by atoms with van der Waals surface area (Å²) in [6.07, 6.45) is -0.422. The molecule has 1 N–H and O–H groups in total. The van der Waals surface area contributed by atoms with Gasteiger partial charge < -0.3 is 9.84 Å². The van der Waals surface area contributed by atoms with Crippen molar-refractivity contribution in [2.75, 3.05) is 19.8 Å². The molecule has 1 saturated heterocycles. The molecular weight excluding hydrogens is 288 g/mol. The number of pyridine rings is 1. The van der Waals surface area contributed by atoms with E-state index in [0.29, 0.717) is 24.8 Å². The van der Waals surface area contributed by atoms with Crippen molar-refractivity contribution < 1.29 is 9.84 Å². The lowest BCUT2D eigenvalue weighted by Crippen LogP contribution is -2.42. The molecule has 2 heterocycles. The third kappa shape index (κ3) is 3.04. The first-order valence-electron chi connectivity index (χ1n) is 7.23. The minimum atomic E-state index is -0.422. The van der Waals surface area contributed by atoms with E-state index in [4.69, 9.17) is 16.3 Å². The van der Waals surface area contributed by atoms with E-state index in [1.807, 2.05) is 30.3 Å². The van der Waals surface area contributed by atoms with E-state index in [1.165, 1.54) is 0 Å². The highest BCUT2D eigenvalue weighted by Crippen LogP contribution is 2.23. The largest absolute Gasteiger partial charge is 0.389 e. The zero-order valence-electron chi connectivity index (χ0n) is 12.0. The van der Waals surface area contributed by atoms with Crippen LogP contribution in [-0.2, 0) is 11.3 Å². The summed E-state index contributed by atoms with van der Waals surface area (Å²) >= 11 is 6.21. The van der Waals surface area contributed by atoms with E-state index >= 15 is 0 Å². The lowest BCUT2D eigenvalue weighted by Gasteiger charge is -2.28. The first-order chi connectivity index (χ1) is 10.2. The predicted molar refractivity (Wildman–Crippen MR) is 83.5 cm³/mol. The Morgan fingerprint density at radius 1 is 1.33 bits per heavy atom. The number of benzene rings is 1. The summed E-state index contributed by atoms with van der Waals surface area (Å²) in [5.41, 5.74) is 1.78. The van der Waals surface area contributed by atoms with E-state index in [9.17, 15) is 5.11 Å². The predicted octanol–water partition coefficient (Wildman–Crippen LogP) is 2.47. The van der Waals surface area contributed by atoms with Gasteiger partial charge in [0.2, 0.25) is 0 Å². The molecule has 1 aliphatic heterocycles. The van der Waals surface area contributed by atoms with E-state index < -0.39 is 6.10 Å². The normalized spacial score (nSPS) is 22.3. The zero-order chi connectivity index (χ0) is 14.8. The number of para-hydroxylation sites is 1. The van der Waals surface area contributed by atoms with Crippen molar-refractivity contribution in [1.29, 1.82) is 0 Å². The molecule has 3 rings (SSSR count). The van der Waals surface area contributed by atoms with Gasteiger partial charge in [-0.1, -0.05) is 36.7 Å². The summed E-state index contributed by atoms with van der Waals surface area (Å²) in [6, 6.07) is 9.88. The third-order valence-corrected chi connectivity index (χ3v) is 4.30. The number of aromatic nitrogens is 1. The molecule has 0 spiro atoms. The van der Waals surface area contributed by atoms with E-state index in [0.717, 1.165) is 23.1 Å². The van der Waals surface area contributed by atoms with Crippen LogP contribution in [0.5, 0.6) is 0 Å². The van der Waals surface area contributed by atoms with Gasteiger partial charge in [-0.2, -0.15) is 0 Å². The smallest absolute Gasteiger partial charge is 0.0950 e. The van der Waals surface area contributed by atoms with Crippen molar-refractivity contribution in [1.82, 2.24) is 9.88 Å².